The Balaban J connectivity index is -0.000000441. The fourth-order valence-corrected chi connectivity index (χ4v) is 1.50. The molecule has 0 fully saturated rings. The Labute approximate surface area is 165 Å². The Bertz CT molecular complexity index is 506. The standard InChI is InChI=1S/C12H18O12.Mg.H2O.2H/c13-3-5(14)9(19)10(20)6(15)4-24-8(18)2-12(23,11(21)22)1-7(16)17;;;;/h5,9-10,13-14,19-20,23H,1-4H2,(H,16,17)(H,21,22);;1H2;;/q;+2;;2*-1/t5-,9+,10+,12?;;;;/m1..../s1. The summed E-state index contributed by atoms with van der Waals surface area (Å²) in [6, 6.07) is 0. The Morgan fingerprint density at radius 2 is 1.54 bits per heavy atom. The summed E-state index contributed by atoms with van der Waals surface area (Å²) in [7, 11) is 0. The van der Waals surface area contributed by atoms with Crippen molar-refractivity contribution in [2.45, 2.75) is 36.8 Å². The fourth-order valence-electron chi connectivity index (χ4n) is 1.50. The number of esters is 1. The predicted molar refractivity (Wildman–Crippen MR) is 82.1 cm³/mol. The summed E-state index contributed by atoms with van der Waals surface area (Å²) in [6.45, 7) is -2.09. The third kappa shape index (κ3) is 9.34. The number of carbonyl (C=O) groups is 4. The molecule has 0 aromatic heterocycles. The van der Waals surface area contributed by atoms with Gasteiger partial charge in [-0.15, -0.1) is 0 Å². The second-order valence-corrected chi connectivity index (χ2v) is 4.90. The second kappa shape index (κ2) is 12.9. The summed E-state index contributed by atoms with van der Waals surface area (Å²) in [6.07, 6.45) is -8.65. The van der Waals surface area contributed by atoms with Crippen LogP contribution >= 0.6 is 0 Å². The average Bonchev–Trinajstić information content (AvgIpc) is 2.49. The van der Waals surface area contributed by atoms with E-state index in [0.717, 1.165) is 0 Å². The number of hydrogen-bond donors (Lipinski definition) is 7. The third-order valence-electron chi connectivity index (χ3n) is 2.89. The Morgan fingerprint density at radius 1 is 1.04 bits per heavy atom. The van der Waals surface area contributed by atoms with E-state index in [1.807, 2.05) is 0 Å². The molecule has 0 aliphatic rings. The van der Waals surface area contributed by atoms with Crippen LogP contribution in [0.4, 0.5) is 0 Å². The summed E-state index contributed by atoms with van der Waals surface area (Å²) >= 11 is 0. The van der Waals surface area contributed by atoms with E-state index < -0.39 is 73.7 Å². The first-order valence-electron chi connectivity index (χ1n) is 6.45. The zero-order valence-corrected chi connectivity index (χ0v) is 14.9. The topological polar surface area (TPSA) is 251 Å². The maximum atomic E-state index is 11.4. The molecule has 0 aromatic rings. The van der Waals surface area contributed by atoms with E-state index in [4.69, 9.17) is 20.4 Å². The molecule has 4 atom stereocenters. The molecule has 14 heteroatoms. The first-order chi connectivity index (χ1) is 10.9. The van der Waals surface area contributed by atoms with Gasteiger partial charge < -0.3 is 48.8 Å². The summed E-state index contributed by atoms with van der Waals surface area (Å²) in [5, 5.41) is 63.1. The molecule has 0 amide bonds. The van der Waals surface area contributed by atoms with Crippen molar-refractivity contribution in [2.24, 2.45) is 0 Å². The van der Waals surface area contributed by atoms with Crippen LogP contribution in [0.15, 0.2) is 0 Å². The molecule has 0 spiro atoms. The summed E-state index contributed by atoms with van der Waals surface area (Å²) in [5.74, 6) is -6.41. The van der Waals surface area contributed by atoms with Gasteiger partial charge in [-0.05, 0) is 0 Å². The van der Waals surface area contributed by atoms with Gasteiger partial charge in [-0.2, -0.15) is 0 Å². The molecule has 0 bridgehead atoms. The van der Waals surface area contributed by atoms with Gasteiger partial charge in [-0.25, -0.2) is 4.79 Å². The minimum absolute atomic E-state index is 0. The van der Waals surface area contributed by atoms with Gasteiger partial charge in [-0.3, -0.25) is 14.4 Å². The molecule has 9 N–H and O–H groups in total. The number of carboxylic acids is 2. The first kappa shape index (κ1) is 29.4. The van der Waals surface area contributed by atoms with Gasteiger partial charge in [0.05, 0.1) is 19.4 Å². The predicted octanol–water partition coefficient (Wildman–Crippen LogP) is -5.13. The van der Waals surface area contributed by atoms with Crippen molar-refractivity contribution < 1.29 is 68.0 Å². The maximum Gasteiger partial charge on any atom is 2.00 e. The number of carbonyl (C=O) groups excluding carboxylic acids is 2. The molecule has 0 radical (unpaired) electrons. The molecule has 0 aromatic carbocycles. The molecule has 13 nitrogen and oxygen atoms in total. The number of carboxylic acid groups (broad SMARTS) is 2. The van der Waals surface area contributed by atoms with Crippen molar-refractivity contribution in [1.82, 2.24) is 0 Å². The summed E-state index contributed by atoms with van der Waals surface area (Å²) in [5.41, 5.74) is -2.95. The van der Waals surface area contributed by atoms with Crippen LogP contribution in [0, 0.1) is 0 Å². The largest absolute Gasteiger partial charge is 2.00 e. The number of aliphatic carboxylic acids is 2. The van der Waals surface area contributed by atoms with Gasteiger partial charge in [0.2, 0.25) is 5.78 Å². The molecular formula is C12H22MgO13. The summed E-state index contributed by atoms with van der Waals surface area (Å²) in [4.78, 5) is 44.2. The van der Waals surface area contributed by atoms with E-state index in [2.05, 4.69) is 4.74 Å². The van der Waals surface area contributed by atoms with Crippen molar-refractivity contribution in [2.75, 3.05) is 13.2 Å². The quantitative estimate of drug-likeness (QED) is 0.127. The number of aliphatic hydroxyl groups excluding tert-OH is 4. The monoisotopic (exact) mass is 398 g/mol. The van der Waals surface area contributed by atoms with Crippen molar-refractivity contribution >= 4 is 46.7 Å². The van der Waals surface area contributed by atoms with Crippen LogP contribution in [0.2, 0.25) is 0 Å². The van der Waals surface area contributed by atoms with Crippen LogP contribution in [0.1, 0.15) is 15.7 Å². The number of rotatable bonds is 11. The number of ether oxygens (including phenoxy) is 1. The molecule has 0 aliphatic carbocycles. The van der Waals surface area contributed by atoms with Crippen LogP contribution in [-0.4, -0.2) is 125 Å². The molecule has 0 saturated heterocycles. The maximum absolute atomic E-state index is 11.4. The molecule has 0 aliphatic heterocycles. The zero-order valence-electron chi connectivity index (χ0n) is 15.4. The first-order valence-corrected chi connectivity index (χ1v) is 6.45. The molecule has 1 unspecified atom stereocenters. The van der Waals surface area contributed by atoms with Crippen LogP contribution in [0.5, 0.6) is 0 Å². The van der Waals surface area contributed by atoms with Crippen LogP contribution in [-0.2, 0) is 23.9 Å². The third-order valence-corrected chi connectivity index (χ3v) is 2.89. The van der Waals surface area contributed by atoms with E-state index in [1.165, 1.54) is 0 Å². The Hall–Kier alpha value is -1.39. The minimum Gasteiger partial charge on any atom is -1.00 e. The Kier molecular flexibility index (Phi) is 14.5. The SMILES string of the molecule is O.O=C(O)CC(O)(CC(=O)OCC(=O)[C@H](O)[C@@H](O)[C@H](O)CO)C(=O)O.[H-].[H-].[Mg+2]. The van der Waals surface area contributed by atoms with Gasteiger partial charge in [0.1, 0.15) is 18.3 Å². The second-order valence-electron chi connectivity index (χ2n) is 4.90. The Morgan fingerprint density at radius 3 is 1.92 bits per heavy atom. The fraction of sp³-hybridized carbons (Fsp3) is 0.667. The minimum atomic E-state index is -2.95. The van der Waals surface area contributed by atoms with Crippen LogP contribution in [0.25, 0.3) is 0 Å². The number of ketones is 1. The zero-order chi connectivity index (χ0) is 19.1. The normalized spacial score (nSPS) is 15.9. The van der Waals surface area contributed by atoms with E-state index in [-0.39, 0.29) is 31.4 Å². The van der Waals surface area contributed by atoms with Gasteiger partial charge in [0.15, 0.2) is 12.2 Å². The smallest absolute Gasteiger partial charge is 1.00 e. The van der Waals surface area contributed by atoms with E-state index in [0.29, 0.717) is 0 Å². The van der Waals surface area contributed by atoms with Gasteiger partial charge in [0, 0.05) is 0 Å². The van der Waals surface area contributed by atoms with Gasteiger partial charge >= 0.3 is 41.0 Å². The van der Waals surface area contributed by atoms with Crippen LogP contribution < -0.4 is 0 Å². The molecule has 26 heavy (non-hydrogen) atoms. The average molecular weight is 399 g/mol. The molecule has 0 rings (SSSR count). The van der Waals surface area contributed by atoms with Crippen molar-refractivity contribution in [3.8, 4) is 0 Å². The van der Waals surface area contributed by atoms with Crippen LogP contribution in [0.3, 0.4) is 0 Å². The summed E-state index contributed by atoms with van der Waals surface area (Å²) < 4.78 is 4.30. The van der Waals surface area contributed by atoms with E-state index in [1.54, 1.807) is 0 Å². The molecule has 0 heterocycles. The number of aliphatic hydroxyl groups is 5. The molecule has 150 valence electrons. The van der Waals surface area contributed by atoms with Crippen molar-refractivity contribution in [3.63, 3.8) is 0 Å². The van der Waals surface area contributed by atoms with Gasteiger partial charge in [-0.1, -0.05) is 0 Å². The number of hydrogen-bond acceptors (Lipinski definition) is 10. The van der Waals surface area contributed by atoms with Gasteiger partial charge in [0.25, 0.3) is 0 Å². The van der Waals surface area contributed by atoms with Crippen molar-refractivity contribution in [3.05, 3.63) is 0 Å². The molecule has 0 saturated carbocycles. The van der Waals surface area contributed by atoms with Crippen molar-refractivity contribution in [1.29, 1.82) is 0 Å². The van der Waals surface area contributed by atoms with E-state index >= 15 is 0 Å². The number of Topliss-reactive ketones (excluding diaryl/α,β-unsaturated/α-hetero) is 1. The van der Waals surface area contributed by atoms with E-state index in [9.17, 15) is 34.5 Å². The molecular weight excluding hydrogens is 376 g/mol.